The first-order valence-electron chi connectivity index (χ1n) is 9.82. The predicted octanol–water partition coefficient (Wildman–Crippen LogP) is 4.02. The lowest BCUT2D eigenvalue weighted by Crippen LogP contribution is -2.39. The highest BCUT2D eigenvalue weighted by Gasteiger charge is 2.26. The van der Waals surface area contributed by atoms with Crippen molar-refractivity contribution in [3.8, 4) is 0 Å². The van der Waals surface area contributed by atoms with E-state index in [0.29, 0.717) is 41.2 Å². The van der Waals surface area contributed by atoms with E-state index in [1.54, 1.807) is 35.0 Å². The van der Waals surface area contributed by atoms with E-state index in [0.717, 1.165) is 24.8 Å². The van der Waals surface area contributed by atoms with Gasteiger partial charge in [0.1, 0.15) is 12.9 Å². The third-order valence-corrected chi connectivity index (χ3v) is 5.76. The lowest BCUT2D eigenvalue weighted by Gasteiger charge is -2.32. The van der Waals surface area contributed by atoms with Gasteiger partial charge in [0.25, 0.3) is 5.91 Å². The number of halogens is 2. The number of nitrogens with zero attached hydrogens (tertiary/aromatic N) is 2. The van der Waals surface area contributed by atoms with Gasteiger partial charge in [-0.05, 0) is 48.9 Å². The van der Waals surface area contributed by atoms with Gasteiger partial charge in [0.15, 0.2) is 0 Å². The van der Waals surface area contributed by atoms with Gasteiger partial charge in [-0.15, -0.1) is 0 Å². The van der Waals surface area contributed by atoms with Crippen molar-refractivity contribution in [2.24, 2.45) is 5.92 Å². The molecule has 0 aromatic heterocycles. The van der Waals surface area contributed by atoms with E-state index in [1.165, 1.54) is 6.26 Å². The average molecular weight is 455 g/mol. The molecule has 0 atom stereocenters. The van der Waals surface area contributed by atoms with Crippen molar-refractivity contribution >= 4 is 41.2 Å². The summed E-state index contributed by atoms with van der Waals surface area (Å²) in [4.78, 5) is 39.0. The van der Waals surface area contributed by atoms with Gasteiger partial charge in [0.05, 0.1) is 12.0 Å². The Bertz CT molecular complexity index is 830. The van der Waals surface area contributed by atoms with Gasteiger partial charge < -0.3 is 19.3 Å². The fraction of sp³-hybridized carbons (Fsp3) is 0.476. The number of amides is 2. The highest BCUT2D eigenvalue weighted by atomic mass is 35.5. The highest BCUT2D eigenvalue weighted by Crippen LogP contribution is 2.23. The minimum atomic E-state index is -0.399. The largest absolute Gasteiger partial charge is 0.445 e. The van der Waals surface area contributed by atoms with Crippen molar-refractivity contribution in [1.29, 1.82) is 0 Å². The molecule has 0 bridgehead atoms. The monoisotopic (exact) mass is 454 g/mol. The first kappa shape index (κ1) is 22.4. The molecule has 7 nitrogen and oxygen atoms in total. The van der Waals surface area contributed by atoms with E-state index in [-0.39, 0.29) is 25.0 Å². The Morgan fingerprint density at radius 2 is 1.87 bits per heavy atom. The maximum absolute atomic E-state index is 12.3. The highest BCUT2D eigenvalue weighted by molar-refractivity contribution is 6.34. The second kappa shape index (κ2) is 10.2. The number of cyclic esters (lactones) is 1. The van der Waals surface area contributed by atoms with Crippen molar-refractivity contribution in [3.63, 3.8) is 0 Å². The zero-order chi connectivity index (χ0) is 21.7. The number of esters is 1. The Kier molecular flexibility index (Phi) is 7.61. The number of likely N-dealkylation sites (N-methyl/N-ethyl adjacent to an activating group) is 1. The normalized spacial score (nSPS) is 16.8. The molecule has 0 unspecified atom stereocenters. The molecule has 0 radical (unpaired) electrons. The van der Waals surface area contributed by atoms with E-state index in [2.05, 4.69) is 0 Å². The van der Waals surface area contributed by atoms with Crippen LogP contribution in [0.1, 0.15) is 31.2 Å². The van der Waals surface area contributed by atoms with E-state index >= 15 is 0 Å². The quantitative estimate of drug-likeness (QED) is 0.606. The van der Waals surface area contributed by atoms with Crippen LogP contribution in [0.4, 0.5) is 4.79 Å². The Morgan fingerprint density at radius 3 is 2.47 bits per heavy atom. The van der Waals surface area contributed by atoms with Gasteiger partial charge in [0.2, 0.25) is 0 Å². The predicted molar refractivity (Wildman–Crippen MR) is 112 cm³/mol. The molecule has 1 fully saturated rings. The fourth-order valence-corrected chi connectivity index (χ4v) is 4.13. The second-order valence-corrected chi connectivity index (χ2v) is 8.46. The molecule has 1 saturated heterocycles. The number of benzene rings is 1. The molecule has 2 amide bonds. The molecular weight excluding hydrogens is 431 g/mol. The van der Waals surface area contributed by atoms with E-state index in [4.69, 9.17) is 32.7 Å². The lowest BCUT2D eigenvalue weighted by molar-refractivity contribution is -0.136. The summed E-state index contributed by atoms with van der Waals surface area (Å²) in [5.74, 6) is -0.154. The summed E-state index contributed by atoms with van der Waals surface area (Å²) in [6.45, 7) is 1.94. The first-order chi connectivity index (χ1) is 14.3. The molecular formula is C21H24Cl2N2O5. The summed E-state index contributed by atoms with van der Waals surface area (Å²) in [5, 5.41) is 1.00. The number of hydrogen-bond donors (Lipinski definition) is 0. The van der Waals surface area contributed by atoms with Gasteiger partial charge in [-0.2, -0.15) is 0 Å². The number of rotatable bonds is 6. The van der Waals surface area contributed by atoms with E-state index in [9.17, 15) is 14.4 Å². The van der Waals surface area contributed by atoms with Crippen LogP contribution in [0.3, 0.4) is 0 Å². The van der Waals surface area contributed by atoms with Gasteiger partial charge in [-0.3, -0.25) is 9.59 Å². The van der Waals surface area contributed by atoms with Crippen LogP contribution in [0, 0.1) is 5.92 Å². The Morgan fingerprint density at radius 1 is 1.20 bits per heavy atom. The third kappa shape index (κ3) is 6.12. The number of ether oxygens (including phenoxy) is 2. The van der Waals surface area contributed by atoms with Gasteiger partial charge in [0, 0.05) is 36.7 Å². The van der Waals surface area contributed by atoms with Gasteiger partial charge in [-0.25, -0.2) is 4.79 Å². The summed E-state index contributed by atoms with van der Waals surface area (Å²) < 4.78 is 10.1. The van der Waals surface area contributed by atoms with Crippen molar-refractivity contribution in [2.45, 2.75) is 32.3 Å². The molecule has 162 valence electrons. The van der Waals surface area contributed by atoms with Crippen molar-refractivity contribution in [1.82, 2.24) is 9.80 Å². The van der Waals surface area contributed by atoms with Crippen LogP contribution in [0.25, 0.3) is 0 Å². The summed E-state index contributed by atoms with van der Waals surface area (Å²) >= 11 is 11.9. The zero-order valence-electron chi connectivity index (χ0n) is 16.7. The number of likely N-dealkylation sites (tertiary alicyclic amines) is 1. The fourth-order valence-electron chi connectivity index (χ4n) is 3.56. The molecule has 1 aromatic rings. The Hall–Kier alpha value is -2.25. The van der Waals surface area contributed by atoms with E-state index in [1.807, 2.05) is 0 Å². The van der Waals surface area contributed by atoms with Crippen LogP contribution in [-0.4, -0.2) is 54.5 Å². The van der Waals surface area contributed by atoms with Gasteiger partial charge in [-0.1, -0.05) is 23.2 Å². The van der Waals surface area contributed by atoms with Crippen LogP contribution in [0.2, 0.25) is 10.0 Å². The molecule has 3 rings (SSSR count). The summed E-state index contributed by atoms with van der Waals surface area (Å²) in [6, 6.07) is 5.06. The lowest BCUT2D eigenvalue weighted by atomic mass is 9.93. The van der Waals surface area contributed by atoms with Crippen LogP contribution < -0.4 is 0 Å². The molecule has 0 saturated carbocycles. The van der Waals surface area contributed by atoms with Crippen molar-refractivity contribution < 1.29 is 23.9 Å². The topological polar surface area (TPSA) is 76.2 Å². The number of carbonyl (C=O) groups excluding carboxylic acids is 3. The number of piperidine rings is 1. The Balaban J connectivity index is 1.37. The minimum Gasteiger partial charge on any atom is -0.445 e. The van der Waals surface area contributed by atoms with Crippen LogP contribution in [-0.2, 0) is 25.7 Å². The van der Waals surface area contributed by atoms with Gasteiger partial charge >= 0.3 is 12.1 Å². The standard InChI is InChI=1S/C21H24Cl2N2O5/c1-24(20(27)16-10-19(26)29-13-16)5-2-14-3-6-25(7-4-14)21(28)30-12-15-8-17(22)11-18(23)9-15/h8-9,11,13-14H,2-7,10,12H2,1H3. The summed E-state index contributed by atoms with van der Waals surface area (Å²) in [5.41, 5.74) is 1.13. The number of carbonyl (C=O) groups is 3. The first-order valence-corrected chi connectivity index (χ1v) is 10.6. The second-order valence-electron chi connectivity index (χ2n) is 7.59. The summed E-state index contributed by atoms with van der Waals surface area (Å²) in [7, 11) is 1.72. The molecule has 1 aromatic carbocycles. The van der Waals surface area contributed by atoms with Crippen LogP contribution in [0.5, 0.6) is 0 Å². The number of hydrogen-bond acceptors (Lipinski definition) is 5. The maximum atomic E-state index is 12.3. The molecule has 30 heavy (non-hydrogen) atoms. The van der Waals surface area contributed by atoms with Crippen LogP contribution >= 0.6 is 23.2 Å². The molecule has 9 heteroatoms. The third-order valence-electron chi connectivity index (χ3n) is 5.32. The molecule has 0 spiro atoms. The molecule has 2 heterocycles. The average Bonchev–Trinajstić information content (AvgIpc) is 3.15. The van der Waals surface area contributed by atoms with Crippen LogP contribution in [0.15, 0.2) is 30.0 Å². The molecule has 2 aliphatic rings. The zero-order valence-corrected chi connectivity index (χ0v) is 18.2. The molecule has 0 aliphatic carbocycles. The maximum Gasteiger partial charge on any atom is 0.410 e. The minimum absolute atomic E-state index is 0.0328. The Labute approximate surface area is 185 Å². The smallest absolute Gasteiger partial charge is 0.410 e. The van der Waals surface area contributed by atoms with Crippen molar-refractivity contribution in [2.75, 3.05) is 26.7 Å². The summed E-state index contributed by atoms with van der Waals surface area (Å²) in [6.07, 6.45) is 3.46. The molecule has 2 aliphatic heterocycles. The van der Waals surface area contributed by atoms with E-state index < -0.39 is 5.97 Å². The molecule has 0 N–H and O–H groups in total. The SMILES string of the molecule is CN(CCC1CCN(C(=O)OCc2cc(Cl)cc(Cl)c2)CC1)C(=O)C1=COC(=O)C1. The van der Waals surface area contributed by atoms with Crippen molar-refractivity contribution in [3.05, 3.63) is 45.6 Å².